The lowest BCUT2D eigenvalue weighted by molar-refractivity contribution is 0.874. The van der Waals surface area contributed by atoms with Crippen molar-refractivity contribution in [3.8, 4) is 6.07 Å². The van der Waals surface area contributed by atoms with Crippen LogP contribution in [0.4, 0.5) is 0 Å². The second-order valence-electron chi connectivity index (χ2n) is 3.91. The summed E-state index contributed by atoms with van der Waals surface area (Å²) in [6.45, 7) is 3.68. The molecule has 2 aromatic rings. The van der Waals surface area contributed by atoms with Crippen molar-refractivity contribution in [3.63, 3.8) is 0 Å². The summed E-state index contributed by atoms with van der Waals surface area (Å²) in [4.78, 5) is 17.3. The van der Waals surface area contributed by atoms with Gasteiger partial charge in [0, 0.05) is 0 Å². The Labute approximate surface area is 138 Å². The number of nitrogens with zero attached hydrogens (tertiary/aromatic N) is 5. The van der Waals surface area contributed by atoms with Crippen molar-refractivity contribution in [1.29, 1.82) is 5.26 Å². The van der Waals surface area contributed by atoms with Gasteiger partial charge in [-0.25, -0.2) is 19.9 Å². The van der Waals surface area contributed by atoms with Gasteiger partial charge in [0.1, 0.15) is 30.7 Å². The SMILES string of the molecule is Cc1nc(I)cc(Cc2nc(C)c(C#N)c(I)n2)n1. The molecule has 0 N–H and O–H groups in total. The molecular weight excluding hydrogens is 468 g/mol. The fourth-order valence-electron chi connectivity index (χ4n) is 1.64. The Kier molecular flexibility index (Phi) is 4.62. The average molecular weight is 477 g/mol. The highest BCUT2D eigenvalue weighted by Gasteiger charge is 2.10. The molecule has 7 heteroatoms. The first-order valence-electron chi connectivity index (χ1n) is 5.42. The lowest BCUT2D eigenvalue weighted by Crippen LogP contribution is -2.06. The van der Waals surface area contributed by atoms with Gasteiger partial charge in [-0.3, -0.25) is 0 Å². The van der Waals surface area contributed by atoms with Gasteiger partial charge in [-0.1, -0.05) is 0 Å². The summed E-state index contributed by atoms with van der Waals surface area (Å²) >= 11 is 4.22. The Bertz CT molecular complexity index is 635. The van der Waals surface area contributed by atoms with Crippen LogP contribution >= 0.6 is 45.2 Å². The van der Waals surface area contributed by atoms with Crippen molar-refractivity contribution < 1.29 is 0 Å². The normalized spacial score (nSPS) is 10.3. The van der Waals surface area contributed by atoms with Crippen LogP contribution < -0.4 is 0 Å². The fraction of sp³-hybridized carbons (Fsp3) is 0.250. The monoisotopic (exact) mass is 477 g/mol. The van der Waals surface area contributed by atoms with E-state index in [0.717, 1.165) is 15.2 Å². The topological polar surface area (TPSA) is 75.3 Å². The van der Waals surface area contributed by atoms with Crippen molar-refractivity contribution in [2.45, 2.75) is 20.3 Å². The minimum absolute atomic E-state index is 0.540. The van der Waals surface area contributed by atoms with Gasteiger partial charge < -0.3 is 0 Å². The van der Waals surface area contributed by atoms with Gasteiger partial charge in [-0.15, -0.1) is 0 Å². The summed E-state index contributed by atoms with van der Waals surface area (Å²) in [5.74, 6) is 1.41. The lowest BCUT2D eigenvalue weighted by atomic mass is 10.2. The average Bonchev–Trinajstić information content (AvgIpc) is 2.26. The van der Waals surface area contributed by atoms with Gasteiger partial charge >= 0.3 is 0 Å². The third-order valence-corrected chi connectivity index (χ3v) is 3.74. The predicted octanol–water partition coefficient (Wildman–Crippen LogP) is 2.56. The highest BCUT2D eigenvalue weighted by Crippen LogP contribution is 2.14. The zero-order valence-electron chi connectivity index (χ0n) is 10.3. The second-order valence-corrected chi connectivity index (χ2v) is 6.04. The molecule has 2 rings (SSSR count). The minimum atomic E-state index is 0.540. The molecule has 0 radical (unpaired) electrons. The van der Waals surface area contributed by atoms with Crippen LogP contribution in [0.3, 0.4) is 0 Å². The van der Waals surface area contributed by atoms with E-state index in [0.29, 0.717) is 27.2 Å². The van der Waals surface area contributed by atoms with Gasteiger partial charge in [-0.05, 0) is 65.1 Å². The fourth-order valence-corrected chi connectivity index (χ4v) is 3.14. The number of aryl methyl sites for hydroxylation is 2. The van der Waals surface area contributed by atoms with Gasteiger partial charge in [0.2, 0.25) is 0 Å². The molecule has 5 nitrogen and oxygen atoms in total. The van der Waals surface area contributed by atoms with E-state index in [9.17, 15) is 0 Å². The summed E-state index contributed by atoms with van der Waals surface area (Å²) in [7, 11) is 0. The molecule has 0 saturated carbocycles. The molecule has 0 saturated heterocycles. The number of hydrogen-bond acceptors (Lipinski definition) is 5. The van der Waals surface area contributed by atoms with Crippen molar-refractivity contribution in [2.75, 3.05) is 0 Å². The first-order valence-corrected chi connectivity index (χ1v) is 7.58. The van der Waals surface area contributed by atoms with Crippen LogP contribution in [0.15, 0.2) is 6.07 Å². The number of nitriles is 1. The zero-order valence-corrected chi connectivity index (χ0v) is 14.6. The molecule has 0 unspecified atom stereocenters. The first kappa shape index (κ1) is 14.5. The standard InChI is InChI=1S/C12H9I2N5/c1-6-9(5-15)12(14)19-11(16-6)4-8-3-10(13)18-7(2)17-8/h3H,4H2,1-2H3. The maximum absolute atomic E-state index is 9.00. The molecule has 19 heavy (non-hydrogen) atoms. The highest BCUT2D eigenvalue weighted by atomic mass is 127. The number of aromatic nitrogens is 4. The molecule has 2 heterocycles. The van der Waals surface area contributed by atoms with Gasteiger partial charge in [0.25, 0.3) is 0 Å². The predicted molar refractivity (Wildman–Crippen MR) is 86.5 cm³/mol. The minimum Gasteiger partial charge on any atom is -0.238 e. The van der Waals surface area contributed by atoms with Crippen LogP contribution in [0, 0.1) is 32.6 Å². The molecule has 96 valence electrons. The summed E-state index contributed by atoms with van der Waals surface area (Å²) in [6, 6.07) is 4.03. The van der Waals surface area contributed by atoms with Crippen molar-refractivity contribution in [1.82, 2.24) is 19.9 Å². The molecule has 0 aromatic carbocycles. The van der Waals surface area contributed by atoms with Crippen LogP contribution in [0.25, 0.3) is 0 Å². The van der Waals surface area contributed by atoms with E-state index in [-0.39, 0.29) is 0 Å². The molecule has 0 atom stereocenters. The molecular formula is C12H9I2N5. The molecule has 0 bridgehead atoms. The Morgan fingerprint density at radius 3 is 2.47 bits per heavy atom. The van der Waals surface area contributed by atoms with Crippen LogP contribution in [-0.2, 0) is 6.42 Å². The molecule has 0 aliphatic heterocycles. The lowest BCUT2D eigenvalue weighted by Gasteiger charge is -2.05. The maximum atomic E-state index is 9.00. The molecule has 0 fully saturated rings. The Morgan fingerprint density at radius 2 is 1.89 bits per heavy atom. The van der Waals surface area contributed by atoms with Crippen LogP contribution in [0.1, 0.15) is 28.6 Å². The number of hydrogen-bond donors (Lipinski definition) is 0. The van der Waals surface area contributed by atoms with Crippen molar-refractivity contribution in [3.05, 3.63) is 42.1 Å². The van der Waals surface area contributed by atoms with E-state index < -0.39 is 0 Å². The quantitative estimate of drug-likeness (QED) is 0.492. The summed E-state index contributed by atoms with van der Waals surface area (Å²) in [5, 5.41) is 9.00. The Hall–Kier alpha value is -0.890. The Balaban J connectivity index is 2.37. The van der Waals surface area contributed by atoms with E-state index in [2.05, 4.69) is 71.2 Å². The van der Waals surface area contributed by atoms with Crippen LogP contribution in [0.5, 0.6) is 0 Å². The second kappa shape index (κ2) is 6.04. The molecule has 0 spiro atoms. The van der Waals surface area contributed by atoms with E-state index in [1.807, 2.05) is 19.9 Å². The molecule has 0 aliphatic rings. The smallest absolute Gasteiger partial charge is 0.135 e. The van der Waals surface area contributed by atoms with Crippen LogP contribution in [0.2, 0.25) is 0 Å². The van der Waals surface area contributed by atoms with E-state index in [1.165, 1.54) is 0 Å². The number of rotatable bonds is 2. The summed E-state index contributed by atoms with van der Waals surface area (Å²) in [6.07, 6.45) is 0.544. The molecule has 0 amide bonds. The largest absolute Gasteiger partial charge is 0.238 e. The van der Waals surface area contributed by atoms with Crippen molar-refractivity contribution >= 4 is 45.2 Å². The van der Waals surface area contributed by atoms with Gasteiger partial charge in [0.15, 0.2) is 0 Å². The molecule has 0 aliphatic carbocycles. The van der Waals surface area contributed by atoms with E-state index >= 15 is 0 Å². The van der Waals surface area contributed by atoms with Gasteiger partial charge in [-0.2, -0.15) is 5.26 Å². The zero-order chi connectivity index (χ0) is 14.0. The third kappa shape index (κ3) is 3.56. The first-order chi connectivity index (χ1) is 8.99. The number of halogens is 2. The highest BCUT2D eigenvalue weighted by molar-refractivity contribution is 14.1. The maximum Gasteiger partial charge on any atom is 0.135 e. The Morgan fingerprint density at radius 1 is 1.16 bits per heavy atom. The summed E-state index contributed by atoms with van der Waals surface area (Å²) < 4.78 is 1.59. The van der Waals surface area contributed by atoms with Crippen LogP contribution in [-0.4, -0.2) is 19.9 Å². The van der Waals surface area contributed by atoms with E-state index in [4.69, 9.17) is 5.26 Å². The van der Waals surface area contributed by atoms with E-state index in [1.54, 1.807) is 0 Å². The third-order valence-electron chi connectivity index (χ3n) is 2.40. The van der Waals surface area contributed by atoms with Gasteiger partial charge in [0.05, 0.1) is 17.8 Å². The summed E-state index contributed by atoms with van der Waals surface area (Å²) in [5.41, 5.74) is 2.13. The van der Waals surface area contributed by atoms with Crippen molar-refractivity contribution in [2.24, 2.45) is 0 Å². The molecule has 2 aromatic heterocycles.